The van der Waals surface area contributed by atoms with E-state index in [1.54, 1.807) is 0 Å². The first kappa shape index (κ1) is 9.26. The van der Waals surface area contributed by atoms with Crippen molar-refractivity contribution in [2.45, 2.75) is 45.1 Å². The first-order chi connectivity index (χ1) is 6.27. The van der Waals surface area contributed by atoms with E-state index in [4.69, 9.17) is 0 Å². The van der Waals surface area contributed by atoms with Crippen LogP contribution in [-0.4, -0.2) is 24.0 Å². The molecule has 2 atom stereocenters. The zero-order valence-electron chi connectivity index (χ0n) is 8.76. The largest absolute Gasteiger partial charge is 0.299 e. The van der Waals surface area contributed by atoms with E-state index in [0.717, 1.165) is 12.0 Å². The zero-order chi connectivity index (χ0) is 9.26. The Kier molecular flexibility index (Phi) is 2.73. The molecule has 0 radical (unpaired) electrons. The summed E-state index contributed by atoms with van der Waals surface area (Å²) >= 11 is 0. The third-order valence-electron chi connectivity index (χ3n) is 3.63. The minimum absolute atomic E-state index is 0.952. The van der Waals surface area contributed by atoms with Gasteiger partial charge in [0.1, 0.15) is 0 Å². The maximum Gasteiger partial charge on any atom is 0.0136 e. The van der Waals surface area contributed by atoms with Crippen LogP contribution in [0.15, 0.2) is 12.2 Å². The maximum atomic E-state index is 3.96. The molecule has 1 nitrogen and oxygen atoms in total. The summed E-state index contributed by atoms with van der Waals surface area (Å²) in [7, 11) is 0. The molecule has 1 saturated heterocycles. The smallest absolute Gasteiger partial charge is 0.0136 e. The molecule has 2 unspecified atom stereocenters. The van der Waals surface area contributed by atoms with Gasteiger partial charge in [-0.25, -0.2) is 0 Å². The molecule has 0 amide bonds. The van der Waals surface area contributed by atoms with Crippen molar-refractivity contribution in [3.8, 4) is 0 Å². The summed E-state index contributed by atoms with van der Waals surface area (Å²) in [5.74, 6) is 1.05. The summed E-state index contributed by atoms with van der Waals surface area (Å²) < 4.78 is 0. The fourth-order valence-corrected chi connectivity index (χ4v) is 2.77. The molecule has 2 fully saturated rings. The summed E-state index contributed by atoms with van der Waals surface area (Å²) in [6.07, 6.45) is 7.10. The van der Waals surface area contributed by atoms with Gasteiger partial charge in [0.05, 0.1) is 0 Å². The molecule has 0 aromatic carbocycles. The predicted octanol–water partition coefficient (Wildman–Crippen LogP) is 2.83. The third kappa shape index (κ3) is 1.96. The Labute approximate surface area is 81.8 Å². The second-order valence-electron chi connectivity index (χ2n) is 4.81. The van der Waals surface area contributed by atoms with Crippen molar-refractivity contribution in [2.75, 3.05) is 13.1 Å². The third-order valence-corrected chi connectivity index (χ3v) is 3.63. The fourth-order valence-electron chi connectivity index (χ4n) is 2.77. The van der Waals surface area contributed by atoms with Gasteiger partial charge >= 0.3 is 0 Å². The molecule has 0 aromatic rings. The normalized spacial score (nSPS) is 33.6. The van der Waals surface area contributed by atoms with Crippen LogP contribution in [0.4, 0.5) is 0 Å². The van der Waals surface area contributed by atoms with E-state index in [9.17, 15) is 0 Å². The van der Waals surface area contributed by atoms with Crippen LogP contribution < -0.4 is 0 Å². The minimum Gasteiger partial charge on any atom is -0.299 e. The van der Waals surface area contributed by atoms with Crippen molar-refractivity contribution in [3.63, 3.8) is 0 Å². The molecule has 0 N–H and O–H groups in total. The van der Waals surface area contributed by atoms with E-state index in [0.29, 0.717) is 0 Å². The molecule has 2 aliphatic rings. The Balaban J connectivity index is 1.74. The van der Waals surface area contributed by atoms with E-state index in [1.165, 1.54) is 50.8 Å². The van der Waals surface area contributed by atoms with Crippen LogP contribution >= 0.6 is 0 Å². The molecule has 0 bridgehead atoms. The molecule has 74 valence electrons. The number of rotatable bonds is 3. The average Bonchev–Trinajstić information content (AvgIpc) is 2.06. The Bertz CT molecular complexity index is 197. The highest BCUT2D eigenvalue weighted by molar-refractivity contribution is 4.97. The van der Waals surface area contributed by atoms with Crippen LogP contribution in [0.25, 0.3) is 0 Å². The Morgan fingerprint density at radius 2 is 2.15 bits per heavy atom. The minimum atomic E-state index is 0.952. The second-order valence-corrected chi connectivity index (χ2v) is 4.81. The molecular formula is C12H21N. The lowest BCUT2D eigenvalue weighted by atomic mass is 9.77. The van der Waals surface area contributed by atoms with Gasteiger partial charge in [-0.2, -0.15) is 0 Å². The average molecular weight is 179 g/mol. The second kappa shape index (κ2) is 3.83. The van der Waals surface area contributed by atoms with Gasteiger partial charge in [-0.05, 0) is 32.1 Å². The van der Waals surface area contributed by atoms with Gasteiger partial charge in [0.15, 0.2) is 0 Å². The fraction of sp³-hybridized carbons (Fsp3) is 0.833. The summed E-state index contributed by atoms with van der Waals surface area (Å²) in [5, 5.41) is 0. The molecule has 1 aliphatic heterocycles. The van der Waals surface area contributed by atoms with E-state index in [1.807, 2.05) is 0 Å². The molecule has 1 aliphatic carbocycles. The van der Waals surface area contributed by atoms with Crippen LogP contribution in [0.1, 0.15) is 39.0 Å². The first-order valence-corrected chi connectivity index (χ1v) is 5.66. The van der Waals surface area contributed by atoms with Crippen LogP contribution in [-0.2, 0) is 0 Å². The molecule has 2 rings (SSSR count). The lowest BCUT2D eigenvalue weighted by Crippen LogP contribution is -2.57. The first-order valence-electron chi connectivity index (χ1n) is 5.66. The maximum absolute atomic E-state index is 3.96. The van der Waals surface area contributed by atoms with Crippen molar-refractivity contribution >= 4 is 0 Å². The lowest BCUT2D eigenvalue weighted by molar-refractivity contribution is -0.0129. The van der Waals surface area contributed by atoms with Crippen LogP contribution in [0, 0.1) is 5.92 Å². The molecule has 1 heterocycles. The van der Waals surface area contributed by atoms with Gasteiger partial charge in [0.25, 0.3) is 0 Å². The number of hydrogen-bond donors (Lipinski definition) is 0. The number of likely N-dealkylation sites (tertiary alicyclic amines) is 1. The van der Waals surface area contributed by atoms with Crippen molar-refractivity contribution in [1.82, 2.24) is 4.90 Å². The van der Waals surface area contributed by atoms with Crippen LogP contribution in [0.3, 0.4) is 0 Å². The van der Waals surface area contributed by atoms with Gasteiger partial charge < -0.3 is 0 Å². The van der Waals surface area contributed by atoms with Gasteiger partial charge in [0.2, 0.25) is 0 Å². The summed E-state index contributed by atoms with van der Waals surface area (Å²) in [6, 6.07) is 0.952. The Morgan fingerprint density at radius 1 is 1.38 bits per heavy atom. The van der Waals surface area contributed by atoms with Crippen LogP contribution in [0.2, 0.25) is 0 Å². The van der Waals surface area contributed by atoms with Gasteiger partial charge in [0, 0.05) is 19.1 Å². The van der Waals surface area contributed by atoms with Gasteiger partial charge in [-0.15, -0.1) is 6.58 Å². The molecule has 1 saturated carbocycles. The predicted molar refractivity (Wildman–Crippen MR) is 56.8 cm³/mol. The number of hydrogen-bond acceptors (Lipinski definition) is 1. The van der Waals surface area contributed by atoms with Gasteiger partial charge in [-0.3, -0.25) is 4.90 Å². The summed E-state index contributed by atoms with van der Waals surface area (Å²) in [5.41, 5.74) is 1.33. The van der Waals surface area contributed by atoms with E-state index < -0.39 is 0 Å². The Hall–Kier alpha value is -0.300. The summed E-state index contributed by atoms with van der Waals surface area (Å²) in [4.78, 5) is 2.67. The standard InChI is InChI=1S/C12H21N/c1-10(2)7-8-13-9-11-5-3-4-6-12(11)13/h11-12H,1,3-9H2,2H3. The van der Waals surface area contributed by atoms with E-state index in [-0.39, 0.29) is 0 Å². The number of nitrogens with zero attached hydrogens (tertiary/aromatic N) is 1. The lowest BCUT2D eigenvalue weighted by Gasteiger charge is -2.51. The quantitative estimate of drug-likeness (QED) is 0.602. The molecule has 0 spiro atoms. The van der Waals surface area contributed by atoms with Crippen molar-refractivity contribution in [3.05, 3.63) is 12.2 Å². The topological polar surface area (TPSA) is 3.24 Å². The van der Waals surface area contributed by atoms with Crippen LogP contribution in [0.5, 0.6) is 0 Å². The highest BCUT2D eigenvalue weighted by Gasteiger charge is 2.39. The molecular weight excluding hydrogens is 158 g/mol. The SMILES string of the molecule is C=C(C)CCN1CC2CCCCC21. The van der Waals surface area contributed by atoms with Crippen molar-refractivity contribution in [2.24, 2.45) is 5.92 Å². The zero-order valence-corrected chi connectivity index (χ0v) is 8.76. The molecule has 13 heavy (non-hydrogen) atoms. The highest BCUT2D eigenvalue weighted by atomic mass is 15.2. The van der Waals surface area contributed by atoms with Gasteiger partial charge in [-0.1, -0.05) is 18.4 Å². The molecule has 0 aromatic heterocycles. The Morgan fingerprint density at radius 3 is 2.85 bits per heavy atom. The monoisotopic (exact) mass is 179 g/mol. The summed E-state index contributed by atoms with van der Waals surface area (Å²) in [6.45, 7) is 8.73. The number of fused-ring (bicyclic) bond motifs is 1. The van der Waals surface area contributed by atoms with Crippen molar-refractivity contribution < 1.29 is 0 Å². The van der Waals surface area contributed by atoms with E-state index >= 15 is 0 Å². The molecule has 1 heteroatoms. The van der Waals surface area contributed by atoms with E-state index in [2.05, 4.69) is 18.4 Å². The van der Waals surface area contributed by atoms with Crippen molar-refractivity contribution in [1.29, 1.82) is 0 Å². The highest BCUT2D eigenvalue weighted by Crippen LogP contribution is 2.37.